The molecule has 0 aromatic carbocycles. The second-order valence-electron chi connectivity index (χ2n) is 11.0. The maximum atomic E-state index is 6.27. The van der Waals surface area contributed by atoms with E-state index in [-0.39, 0.29) is 75.6 Å². The SMILES string of the molecule is CC1=C(Br)C2(CC1)OCCO2.CC1=C(CCCO[Si](C)(C)C(C)(C)C)C2(CC1)OCCO2.N.[H-].[K+]. The maximum absolute atomic E-state index is 6.27. The molecule has 9 heteroatoms. The van der Waals surface area contributed by atoms with Crippen molar-refractivity contribution in [1.29, 1.82) is 0 Å². The van der Waals surface area contributed by atoms with Crippen LogP contribution in [0.15, 0.2) is 21.2 Å². The summed E-state index contributed by atoms with van der Waals surface area (Å²) in [5.41, 5.74) is 4.20. The zero-order valence-corrected chi connectivity index (χ0v) is 28.6. The molecule has 34 heavy (non-hydrogen) atoms. The van der Waals surface area contributed by atoms with E-state index in [9.17, 15) is 0 Å². The van der Waals surface area contributed by atoms with Crippen LogP contribution in [0.2, 0.25) is 18.1 Å². The van der Waals surface area contributed by atoms with Crippen LogP contribution in [0.5, 0.6) is 0 Å². The van der Waals surface area contributed by atoms with Crippen molar-refractivity contribution in [3.63, 3.8) is 0 Å². The Bertz CT molecular complexity index is 745. The number of hydrogen-bond donors (Lipinski definition) is 1. The number of hydrogen-bond acceptors (Lipinski definition) is 6. The summed E-state index contributed by atoms with van der Waals surface area (Å²) < 4.78 is 30.4. The molecule has 0 aromatic heterocycles. The Hall–Kier alpha value is 1.57. The summed E-state index contributed by atoms with van der Waals surface area (Å²) in [5, 5.41) is 0.286. The molecule has 4 rings (SSSR count). The third-order valence-corrected chi connectivity index (χ3v) is 13.5. The van der Waals surface area contributed by atoms with Crippen molar-refractivity contribution in [3.05, 3.63) is 21.2 Å². The molecule has 0 bridgehead atoms. The molecule has 0 aromatic rings. The van der Waals surface area contributed by atoms with E-state index in [2.05, 4.69) is 63.6 Å². The Morgan fingerprint density at radius 3 is 1.85 bits per heavy atom. The first-order valence-corrected chi connectivity index (χ1v) is 15.9. The van der Waals surface area contributed by atoms with Crippen LogP contribution < -0.4 is 57.5 Å². The molecule has 2 spiro atoms. The van der Waals surface area contributed by atoms with Crippen LogP contribution in [-0.2, 0) is 23.4 Å². The van der Waals surface area contributed by atoms with Gasteiger partial charge in [0.1, 0.15) is 0 Å². The quantitative estimate of drug-likeness (QED) is 0.296. The van der Waals surface area contributed by atoms with Crippen molar-refractivity contribution in [2.75, 3.05) is 33.0 Å². The van der Waals surface area contributed by atoms with E-state index in [1.807, 2.05) is 0 Å². The molecule has 2 aliphatic carbocycles. The molecule has 4 aliphatic rings. The molecule has 194 valence electrons. The van der Waals surface area contributed by atoms with Crippen LogP contribution in [0.25, 0.3) is 0 Å². The molecular weight excluding hydrogens is 541 g/mol. The van der Waals surface area contributed by atoms with E-state index >= 15 is 0 Å². The largest absolute Gasteiger partial charge is 1.00 e. The fraction of sp³-hybridized carbons (Fsp3) is 0.840. The summed E-state index contributed by atoms with van der Waals surface area (Å²) in [4.78, 5) is 0. The van der Waals surface area contributed by atoms with Gasteiger partial charge in [-0.15, -0.1) is 0 Å². The number of rotatable bonds is 5. The van der Waals surface area contributed by atoms with Gasteiger partial charge in [0.05, 0.1) is 30.9 Å². The van der Waals surface area contributed by atoms with Crippen molar-refractivity contribution in [3.8, 4) is 0 Å². The van der Waals surface area contributed by atoms with Crippen LogP contribution in [0, 0.1) is 0 Å². The van der Waals surface area contributed by atoms with Gasteiger partial charge in [0.25, 0.3) is 0 Å². The van der Waals surface area contributed by atoms with Gasteiger partial charge in [-0.25, -0.2) is 0 Å². The summed E-state index contributed by atoms with van der Waals surface area (Å²) in [6.45, 7) is 19.6. The van der Waals surface area contributed by atoms with Crippen LogP contribution in [0.4, 0.5) is 0 Å². The van der Waals surface area contributed by atoms with E-state index in [1.165, 1.54) is 16.7 Å². The van der Waals surface area contributed by atoms with E-state index in [4.69, 9.17) is 23.4 Å². The second kappa shape index (κ2) is 13.6. The number of allylic oxidation sites excluding steroid dienone is 2. The first kappa shape index (κ1) is 33.6. The summed E-state index contributed by atoms with van der Waals surface area (Å²) in [5.74, 6) is -0.759. The third kappa shape index (κ3) is 7.58. The van der Waals surface area contributed by atoms with E-state index in [1.54, 1.807) is 0 Å². The van der Waals surface area contributed by atoms with Crippen molar-refractivity contribution in [1.82, 2.24) is 6.15 Å². The van der Waals surface area contributed by atoms with Crippen molar-refractivity contribution < 1.29 is 76.2 Å². The van der Waals surface area contributed by atoms with Gasteiger partial charge in [-0.2, -0.15) is 0 Å². The Morgan fingerprint density at radius 2 is 1.38 bits per heavy atom. The first-order chi connectivity index (χ1) is 14.9. The molecule has 2 heterocycles. The molecule has 2 saturated heterocycles. The second-order valence-corrected chi connectivity index (χ2v) is 16.6. The normalized spacial score (nSPS) is 23.3. The van der Waals surface area contributed by atoms with Crippen LogP contribution in [0.1, 0.15) is 74.6 Å². The third-order valence-electron chi connectivity index (χ3n) is 7.69. The van der Waals surface area contributed by atoms with Gasteiger partial charge in [-0.05, 0) is 79.2 Å². The fourth-order valence-corrected chi connectivity index (χ4v) is 6.28. The van der Waals surface area contributed by atoms with Crippen LogP contribution in [-0.4, -0.2) is 52.9 Å². The monoisotopic (exact) mass is 587 g/mol. The summed E-state index contributed by atoms with van der Waals surface area (Å²) in [6, 6.07) is 0. The van der Waals surface area contributed by atoms with Gasteiger partial charge >= 0.3 is 51.4 Å². The Morgan fingerprint density at radius 1 is 0.912 bits per heavy atom. The summed E-state index contributed by atoms with van der Waals surface area (Å²) in [6.07, 6.45) is 6.27. The van der Waals surface area contributed by atoms with Gasteiger partial charge < -0.3 is 31.0 Å². The molecule has 0 radical (unpaired) electrons. The number of halogens is 1. The fourth-order valence-electron chi connectivity index (χ4n) is 4.57. The predicted molar refractivity (Wildman–Crippen MR) is 141 cm³/mol. The molecule has 2 fully saturated rings. The van der Waals surface area contributed by atoms with E-state index in [0.717, 1.165) is 76.0 Å². The van der Waals surface area contributed by atoms with Crippen molar-refractivity contribution >= 4 is 24.2 Å². The van der Waals surface area contributed by atoms with E-state index < -0.39 is 8.32 Å². The van der Waals surface area contributed by atoms with Gasteiger partial charge in [-0.1, -0.05) is 31.9 Å². The maximum Gasteiger partial charge on any atom is 1.00 e. The average molecular weight is 589 g/mol. The average Bonchev–Trinajstić information content (AvgIpc) is 3.50. The molecule has 0 unspecified atom stereocenters. The minimum Gasteiger partial charge on any atom is -1.00 e. The molecule has 6 nitrogen and oxygen atoms in total. The minimum absolute atomic E-state index is 0. The summed E-state index contributed by atoms with van der Waals surface area (Å²) >= 11 is 3.52. The van der Waals surface area contributed by atoms with Crippen molar-refractivity contribution in [2.24, 2.45) is 0 Å². The van der Waals surface area contributed by atoms with Gasteiger partial charge in [-0.3, -0.25) is 0 Å². The predicted octanol–water partition coefficient (Wildman–Crippen LogP) is 4.11. The zero-order valence-electron chi connectivity index (χ0n) is 23.9. The first-order valence-electron chi connectivity index (χ1n) is 12.2. The Balaban J connectivity index is 0.000000704. The number of ether oxygens (including phenoxy) is 4. The molecular formula is C25H47BrKNO5Si. The Kier molecular flexibility index (Phi) is 13.4. The molecule has 0 atom stereocenters. The zero-order chi connectivity index (χ0) is 23.6. The van der Waals surface area contributed by atoms with Gasteiger partial charge in [0, 0.05) is 19.4 Å². The Labute approximate surface area is 261 Å². The molecule has 3 N–H and O–H groups in total. The summed E-state index contributed by atoms with van der Waals surface area (Å²) in [7, 11) is -1.62. The molecule has 2 aliphatic heterocycles. The van der Waals surface area contributed by atoms with E-state index in [0.29, 0.717) is 0 Å². The van der Waals surface area contributed by atoms with Gasteiger partial charge in [0.15, 0.2) is 14.1 Å². The van der Waals surface area contributed by atoms with Crippen LogP contribution >= 0.6 is 15.9 Å². The molecule has 0 amide bonds. The van der Waals surface area contributed by atoms with Gasteiger partial charge in [0.2, 0.25) is 5.79 Å². The molecule has 0 saturated carbocycles. The smallest absolute Gasteiger partial charge is 1.00 e. The van der Waals surface area contributed by atoms with Crippen LogP contribution in [0.3, 0.4) is 0 Å². The van der Waals surface area contributed by atoms with Crippen molar-refractivity contribution in [2.45, 2.75) is 103 Å². The standard InChI is InChI=1S/C17H32O3Si.C8H11BrO2.K.H3N.H/c1-14-9-10-17(18-12-13-19-17)15(14)8-7-11-20-21(5,6)16(2,3)4;1-6-2-3-8(7(6)9)10-4-5-11-8;;;/h7-13H2,1-6H3;2-5H2,1H3;;1H3;/q;;+1;;-1. The minimum atomic E-state index is -1.62. The topological polar surface area (TPSA) is 81.2 Å².